The van der Waals surface area contributed by atoms with Crippen LogP contribution in [-0.2, 0) is 10.4 Å². The van der Waals surface area contributed by atoms with Gasteiger partial charge in [-0.3, -0.25) is 4.79 Å². The summed E-state index contributed by atoms with van der Waals surface area (Å²) >= 11 is 0. The first-order valence-electron chi connectivity index (χ1n) is 7.98. The molecule has 0 fully saturated rings. The van der Waals surface area contributed by atoms with Crippen LogP contribution in [0.25, 0.3) is 0 Å². The van der Waals surface area contributed by atoms with Crippen molar-refractivity contribution in [2.75, 3.05) is 19.8 Å². The zero-order valence-corrected chi connectivity index (χ0v) is 13.6. The summed E-state index contributed by atoms with van der Waals surface area (Å²) in [5.41, 5.74) is 0.658. The Labute approximate surface area is 141 Å². The van der Waals surface area contributed by atoms with Gasteiger partial charge in [-0.25, -0.2) is 0 Å². The van der Waals surface area contributed by atoms with E-state index >= 15 is 0 Å². The molecule has 0 saturated heterocycles. The fourth-order valence-corrected chi connectivity index (χ4v) is 2.77. The van der Waals surface area contributed by atoms with E-state index in [-0.39, 0.29) is 19.1 Å². The molecule has 1 amide bonds. The smallest absolute Gasteiger partial charge is 0.258 e. The van der Waals surface area contributed by atoms with Crippen molar-refractivity contribution in [1.82, 2.24) is 5.32 Å². The molecular formula is C19H21NO4. The average Bonchev–Trinajstić information content (AvgIpc) is 2.59. The molecule has 3 rings (SSSR count). The zero-order chi connectivity index (χ0) is 17.0. The van der Waals surface area contributed by atoms with Crippen LogP contribution < -0.4 is 14.8 Å². The monoisotopic (exact) mass is 327 g/mol. The number of fused-ring (bicyclic) bond motifs is 1. The molecular weight excluding hydrogens is 306 g/mol. The van der Waals surface area contributed by atoms with Crippen molar-refractivity contribution in [1.29, 1.82) is 0 Å². The van der Waals surface area contributed by atoms with Crippen LogP contribution in [0.2, 0.25) is 0 Å². The number of aliphatic hydroxyl groups is 1. The van der Waals surface area contributed by atoms with Crippen molar-refractivity contribution in [2.24, 2.45) is 0 Å². The highest BCUT2D eigenvalue weighted by atomic mass is 16.5. The van der Waals surface area contributed by atoms with E-state index in [0.717, 1.165) is 5.56 Å². The van der Waals surface area contributed by atoms with E-state index in [2.05, 4.69) is 5.32 Å². The number of carbonyl (C=O) groups excluding carboxylic acids is 1. The lowest BCUT2D eigenvalue weighted by atomic mass is 9.88. The summed E-state index contributed by atoms with van der Waals surface area (Å²) in [6.07, 6.45) is 0.434. The molecule has 24 heavy (non-hydrogen) atoms. The summed E-state index contributed by atoms with van der Waals surface area (Å²) in [5, 5.41) is 13.6. The predicted octanol–water partition coefficient (Wildman–Crippen LogP) is 2.16. The van der Waals surface area contributed by atoms with E-state index in [0.29, 0.717) is 30.1 Å². The van der Waals surface area contributed by atoms with E-state index in [1.54, 1.807) is 0 Å². The Morgan fingerprint density at radius 1 is 1.29 bits per heavy atom. The Morgan fingerprint density at radius 3 is 2.96 bits per heavy atom. The Bertz CT molecular complexity index is 731. The number of hydrogen-bond acceptors (Lipinski definition) is 4. The molecule has 0 radical (unpaired) electrons. The number of rotatable bonds is 5. The van der Waals surface area contributed by atoms with Crippen LogP contribution in [0.15, 0.2) is 48.5 Å². The van der Waals surface area contributed by atoms with Gasteiger partial charge in [0.1, 0.15) is 17.1 Å². The number of amides is 1. The maximum absolute atomic E-state index is 12.0. The summed E-state index contributed by atoms with van der Waals surface area (Å²) in [5.74, 6) is 1.05. The van der Waals surface area contributed by atoms with Crippen LogP contribution in [0.3, 0.4) is 0 Å². The van der Waals surface area contributed by atoms with E-state index in [9.17, 15) is 9.90 Å². The van der Waals surface area contributed by atoms with Crippen LogP contribution >= 0.6 is 0 Å². The van der Waals surface area contributed by atoms with Gasteiger partial charge in [0, 0.05) is 12.0 Å². The van der Waals surface area contributed by atoms with Crippen molar-refractivity contribution in [3.05, 3.63) is 59.7 Å². The normalized spacial score (nSPS) is 19.1. The van der Waals surface area contributed by atoms with E-state index in [4.69, 9.17) is 9.47 Å². The van der Waals surface area contributed by atoms with Gasteiger partial charge in [-0.05, 0) is 30.7 Å². The van der Waals surface area contributed by atoms with E-state index in [1.807, 2.05) is 55.5 Å². The second-order valence-corrected chi connectivity index (χ2v) is 6.01. The summed E-state index contributed by atoms with van der Waals surface area (Å²) in [7, 11) is 0. The third kappa shape index (κ3) is 3.68. The molecule has 5 heteroatoms. The lowest BCUT2D eigenvalue weighted by molar-refractivity contribution is -0.124. The summed E-state index contributed by atoms with van der Waals surface area (Å²) in [4.78, 5) is 12.0. The van der Waals surface area contributed by atoms with Gasteiger partial charge < -0.3 is 19.9 Å². The van der Waals surface area contributed by atoms with Crippen LogP contribution in [-0.4, -0.2) is 30.8 Å². The Balaban J connectivity index is 1.56. The topological polar surface area (TPSA) is 67.8 Å². The van der Waals surface area contributed by atoms with Crippen LogP contribution in [0.4, 0.5) is 0 Å². The number of nitrogens with one attached hydrogen (secondary N) is 1. The molecule has 0 bridgehead atoms. The maximum Gasteiger partial charge on any atom is 0.258 e. The minimum Gasteiger partial charge on any atom is -0.493 e. The molecule has 1 aliphatic heterocycles. The fourth-order valence-electron chi connectivity index (χ4n) is 2.77. The molecule has 2 aromatic rings. The molecule has 1 unspecified atom stereocenters. The molecule has 2 aromatic carbocycles. The second kappa shape index (κ2) is 6.93. The Hall–Kier alpha value is -2.53. The molecule has 126 valence electrons. The largest absolute Gasteiger partial charge is 0.493 e. The quantitative estimate of drug-likeness (QED) is 0.883. The van der Waals surface area contributed by atoms with Crippen molar-refractivity contribution in [3.8, 4) is 11.5 Å². The molecule has 0 saturated carbocycles. The second-order valence-electron chi connectivity index (χ2n) is 6.01. The number of ether oxygens (including phenoxy) is 2. The number of aryl methyl sites for hydroxylation is 1. The first-order valence-corrected chi connectivity index (χ1v) is 7.98. The predicted molar refractivity (Wildman–Crippen MR) is 90.1 cm³/mol. The van der Waals surface area contributed by atoms with Gasteiger partial charge >= 0.3 is 0 Å². The average molecular weight is 327 g/mol. The number of benzene rings is 2. The van der Waals surface area contributed by atoms with Crippen LogP contribution in [0.1, 0.15) is 17.5 Å². The van der Waals surface area contributed by atoms with Crippen molar-refractivity contribution in [3.63, 3.8) is 0 Å². The van der Waals surface area contributed by atoms with Gasteiger partial charge in [0.15, 0.2) is 6.61 Å². The van der Waals surface area contributed by atoms with Crippen molar-refractivity contribution >= 4 is 5.91 Å². The Kier molecular flexibility index (Phi) is 4.71. The van der Waals surface area contributed by atoms with Gasteiger partial charge in [0.25, 0.3) is 5.91 Å². The molecule has 1 heterocycles. The number of para-hydroxylation sites is 1. The standard InChI is InChI=1S/C19H21NO4/c1-14-5-4-6-15(11-14)24-12-18(21)20-13-19(22)9-10-23-17-8-3-2-7-16(17)19/h2-8,11,22H,9-10,12-13H2,1H3,(H,20,21). The molecule has 5 nitrogen and oxygen atoms in total. The van der Waals surface area contributed by atoms with E-state index in [1.165, 1.54) is 0 Å². The van der Waals surface area contributed by atoms with Crippen molar-refractivity contribution < 1.29 is 19.4 Å². The zero-order valence-electron chi connectivity index (χ0n) is 13.6. The summed E-state index contributed by atoms with van der Waals surface area (Å²) in [6.45, 7) is 2.43. The first kappa shape index (κ1) is 16.3. The molecule has 1 aliphatic rings. The maximum atomic E-state index is 12.0. The van der Waals surface area contributed by atoms with Crippen LogP contribution in [0, 0.1) is 6.92 Å². The van der Waals surface area contributed by atoms with Gasteiger partial charge in [-0.15, -0.1) is 0 Å². The van der Waals surface area contributed by atoms with Gasteiger partial charge in [0.2, 0.25) is 0 Å². The minimum absolute atomic E-state index is 0.0856. The third-order valence-electron chi connectivity index (χ3n) is 4.10. The van der Waals surface area contributed by atoms with Crippen molar-refractivity contribution in [2.45, 2.75) is 18.9 Å². The molecule has 0 aliphatic carbocycles. The van der Waals surface area contributed by atoms with Gasteiger partial charge in [-0.1, -0.05) is 30.3 Å². The molecule has 1 atom stereocenters. The highest BCUT2D eigenvalue weighted by Gasteiger charge is 2.35. The molecule has 0 aromatic heterocycles. The highest BCUT2D eigenvalue weighted by Crippen LogP contribution is 2.36. The Morgan fingerprint density at radius 2 is 2.12 bits per heavy atom. The van der Waals surface area contributed by atoms with Gasteiger partial charge in [-0.2, -0.15) is 0 Å². The highest BCUT2D eigenvalue weighted by molar-refractivity contribution is 5.77. The van der Waals surface area contributed by atoms with Crippen LogP contribution in [0.5, 0.6) is 11.5 Å². The molecule has 0 spiro atoms. The first-order chi connectivity index (χ1) is 11.6. The third-order valence-corrected chi connectivity index (χ3v) is 4.10. The van der Waals surface area contributed by atoms with Gasteiger partial charge in [0.05, 0.1) is 13.2 Å². The minimum atomic E-state index is -1.12. The lowest BCUT2D eigenvalue weighted by Crippen LogP contribution is -2.45. The van der Waals surface area contributed by atoms with E-state index < -0.39 is 5.60 Å². The SMILES string of the molecule is Cc1cccc(OCC(=O)NCC2(O)CCOc3ccccc32)c1. The number of carbonyl (C=O) groups is 1. The lowest BCUT2D eigenvalue weighted by Gasteiger charge is -2.34. The number of hydrogen-bond donors (Lipinski definition) is 2. The summed E-state index contributed by atoms with van der Waals surface area (Å²) in [6, 6.07) is 14.9. The summed E-state index contributed by atoms with van der Waals surface area (Å²) < 4.78 is 11.0. The fraction of sp³-hybridized carbons (Fsp3) is 0.316. The molecule has 2 N–H and O–H groups in total.